The largest absolute Gasteiger partial charge is 0.481 e. The fourth-order valence-electron chi connectivity index (χ4n) is 2.94. The van der Waals surface area contributed by atoms with Gasteiger partial charge >= 0.3 is 11.5 Å². The number of carboxylic acids is 1. The number of benzene rings is 2. The van der Waals surface area contributed by atoms with Gasteiger partial charge in [-0.1, -0.05) is 31.2 Å². The highest BCUT2D eigenvalue weighted by Crippen LogP contribution is 2.42. The summed E-state index contributed by atoms with van der Waals surface area (Å²) < 4.78 is 50.9. The molecule has 3 nitrogen and oxygen atoms in total. The minimum atomic E-state index is -4.46. The number of carboxylic acid groups (broad SMARTS) is 1. The normalized spacial score (nSPS) is 15.2. The second kappa shape index (κ2) is 8.31. The fraction of sp³-hybridized carbons (Fsp3) is 0.316. The predicted molar refractivity (Wildman–Crippen MR) is 93.8 cm³/mol. The summed E-state index contributed by atoms with van der Waals surface area (Å²) in [4.78, 5) is 12.0. The van der Waals surface area contributed by atoms with Gasteiger partial charge in [-0.2, -0.15) is 13.2 Å². The highest BCUT2D eigenvalue weighted by atomic mass is 32.2. The van der Waals surface area contributed by atoms with Crippen LogP contribution in [0.5, 0.6) is 0 Å². The van der Waals surface area contributed by atoms with Crippen LogP contribution in [0.15, 0.2) is 53.4 Å². The van der Waals surface area contributed by atoms with Crippen LogP contribution in [0, 0.1) is 11.2 Å². The SMILES string of the molecule is CCC(Cc1cccc(SC(F)(F)F)c1)(C(=O)O)C(O)c1ccc(F)cc1. The van der Waals surface area contributed by atoms with Gasteiger partial charge in [-0.15, -0.1) is 0 Å². The summed E-state index contributed by atoms with van der Waals surface area (Å²) in [6, 6.07) is 10.3. The van der Waals surface area contributed by atoms with Crippen molar-refractivity contribution in [3.05, 3.63) is 65.5 Å². The van der Waals surface area contributed by atoms with E-state index >= 15 is 0 Å². The Bertz CT molecular complexity index is 792. The molecule has 0 amide bonds. The third-order valence-electron chi connectivity index (χ3n) is 4.42. The molecule has 2 N–H and O–H groups in total. The average Bonchev–Trinajstić information content (AvgIpc) is 2.58. The number of aliphatic hydroxyl groups is 1. The highest BCUT2D eigenvalue weighted by molar-refractivity contribution is 8.00. The zero-order valence-corrected chi connectivity index (χ0v) is 15.1. The quantitative estimate of drug-likeness (QED) is 0.494. The van der Waals surface area contributed by atoms with Gasteiger partial charge in [-0.25, -0.2) is 4.39 Å². The maximum Gasteiger partial charge on any atom is 0.446 e. The first-order valence-corrected chi connectivity index (χ1v) is 8.90. The molecule has 0 heterocycles. The van der Waals surface area contributed by atoms with Crippen molar-refractivity contribution < 1.29 is 32.6 Å². The molecule has 2 aromatic carbocycles. The van der Waals surface area contributed by atoms with Crippen molar-refractivity contribution >= 4 is 17.7 Å². The summed E-state index contributed by atoms with van der Waals surface area (Å²) in [7, 11) is 0. The van der Waals surface area contributed by atoms with E-state index in [1.54, 1.807) is 6.92 Å². The molecule has 0 aliphatic carbocycles. The van der Waals surface area contributed by atoms with Crippen molar-refractivity contribution in [1.82, 2.24) is 0 Å². The molecule has 0 aliphatic rings. The zero-order chi connectivity index (χ0) is 20.2. The Morgan fingerprint density at radius 1 is 1.15 bits per heavy atom. The lowest BCUT2D eigenvalue weighted by Crippen LogP contribution is -2.39. The van der Waals surface area contributed by atoms with Crippen LogP contribution in [-0.2, 0) is 11.2 Å². The predicted octanol–water partition coefficient (Wildman–Crippen LogP) is 5.19. The van der Waals surface area contributed by atoms with Crippen LogP contribution < -0.4 is 0 Å². The van der Waals surface area contributed by atoms with Gasteiger partial charge in [0.1, 0.15) is 11.2 Å². The number of hydrogen-bond acceptors (Lipinski definition) is 3. The number of aliphatic carboxylic acids is 1. The van der Waals surface area contributed by atoms with E-state index in [0.717, 1.165) is 12.1 Å². The van der Waals surface area contributed by atoms with E-state index in [0.29, 0.717) is 5.56 Å². The molecular weight excluding hydrogens is 384 g/mol. The zero-order valence-electron chi connectivity index (χ0n) is 14.3. The van der Waals surface area contributed by atoms with Crippen molar-refractivity contribution in [2.45, 2.75) is 36.3 Å². The van der Waals surface area contributed by atoms with Gasteiger partial charge < -0.3 is 10.2 Å². The van der Waals surface area contributed by atoms with Crippen molar-refractivity contribution in [1.29, 1.82) is 0 Å². The minimum Gasteiger partial charge on any atom is -0.481 e. The van der Waals surface area contributed by atoms with Gasteiger partial charge in [-0.3, -0.25) is 4.79 Å². The summed E-state index contributed by atoms with van der Waals surface area (Å²) in [5, 5.41) is 20.5. The number of alkyl halides is 3. The van der Waals surface area contributed by atoms with E-state index in [2.05, 4.69) is 0 Å². The Kier molecular flexibility index (Phi) is 6.54. The standard InChI is InChI=1S/C19H18F4O3S/c1-2-18(17(25)26,16(24)13-6-8-14(20)9-7-13)11-12-4-3-5-15(10-12)27-19(21,22)23/h3-10,16,24H,2,11H2,1H3,(H,25,26). The highest BCUT2D eigenvalue weighted by Gasteiger charge is 2.44. The molecule has 0 aromatic heterocycles. The third kappa shape index (κ3) is 5.23. The van der Waals surface area contributed by atoms with Crippen LogP contribution in [0.1, 0.15) is 30.6 Å². The summed E-state index contributed by atoms with van der Waals surface area (Å²) in [5.41, 5.74) is -5.55. The van der Waals surface area contributed by atoms with E-state index in [1.165, 1.54) is 36.4 Å². The summed E-state index contributed by atoms with van der Waals surface area (Å²) in [5.74, 6) is -1.81. The van der Waals surface area contributed by atoms with Crippen LogP contribution in [0.3, 0.4) is 0 Å². The second-order valence-corrected chi connectivity index (χ2v) is 7.28. The Morgan fingerprint density at radius 2 is 1.78 bits per heavy atom. The fourth-order valence-corrected chi connectivity index (χ4v) is 3.56. The molecule has 0 spiro atoms. The van der Waals surface area contributed by atoms with E-state index in [4.69, 9.17) is 0 Å². The lowest BCUT2D eigenvalue weighted by Gasteiger charge is -2.33. The Labute approximate surface area is 158 Å². The van der Waals surface area contributed by atoms with Crippen molar-refractivity contribution in [2.24, 2.45) is 5.41 Å². The number of carbonyl (C=O) groups is 1. The molecule has 2 rings (SSSR count). The van der Waals surface area contributed by atoms with E-state index in [9.17, 15) is 32.6 Å². The summed E-state index contributed by atoms with van der Waals surface area (Å²) in [6.45, 7) is 1.58. The molecule has 8 heteroatoms. The molecule has 27 heavy (non-hydrogen) atoms. The lowest BCUT2D eigenvalue weighted by molar-refractivity contribution is -0.157. The summed E-state index contributed by atoms with van der Waals surface area (Å²) in [6.07, 6.45) is -1.61. The smallest absolute Gasteiger partial charge is 0.446 e. The van der Waals surface area contributed by atoms with Gasteiger partial charge in [0, 0.05) is 4.90 Å². The maximum absolute atomic E-state index is 13.1. The lowest BCUT2D eigenvalue weighted by atomic mass is 9.72. The van der Waals surface area contributed by atoms with Crippen molar-refractivity contribution in [2.75, 3.05) is 0 Å². The molecule has 0 aliphatic heterocycles. The molecule has 2 unspecified atom stereocenters. The number of hydrogen-bond donors (Lipinski definition) is 2. The first-order valence-electron chi connectivity index (χ1n) is 8.09. The number of aliphatic hydroxyl groups excluding tert-OH is 1. The van der Waals surface area contributed by atoms with Gasteiger partial charge in [0.15, 0.2) is 0 Å². The average molecular weight is 402 g/mol. The molecule has 2 aromatic rings. The Hall–Kier alpha value is -2.06. The van der Waals surface area contributed by atoms with Gasteiger partial charge in [0.2, 0.25) is 0 Å². The van der Waals surface area contributed by atoms with Crippen LogP contribution >= 0.6 is 11.8 Å². The van der Waals surface area contributed by atoms with Gasteiger partial charge in [0.25, 0.3) is 0 Å². The van der Waals surface area contributed by atoms with Crippen LogP contribution in [0.25, 0.3) is 0 Å². The molecular formula is C19H18F4O3S. The molecule has 0 bridgehead atoms. The number of halogens is 4. The molecule has 0 saturated heterocycles. The van der Waals surface area contributed by atoms with E-state index in [-0.39, 0.29) is 35.1 Å². The number of rotatable bonds is 7. The van der Waals surface area contributed by atoms with E-state index < -0.39 is 28.8 Å². The molecule has 0 fully saturated rings. The first-order chi connectivity index (χ1) is 12.6. The van der Waals surface area contributed by atoms with Crippen LogP contribution in [-0.4, -0.2) is 21.7 Å². The summed E-state index contributed by atoms with van der Waals surface area (Å²) >= 11 is -0.288. The molecule has 0 radical (unpaired) electrons. The first kappa shape index (κ1) is 21.2. The Balaban J connectivity index is 2.38. The number of thioether (sulfide) groups is 1. The van der Waals surface area contributed by atoms with Gasteiger partial charge in [0.05, 0.1) is 6.10 Å². The van der Waals surface area contributed by atoms with Crippen molar-refractivity contribution in [3.8, 4) is 0 Å². The van der Waals surface area contributed by atoms with Crippen LogP contribution in [0.2, 0.25) is 0 Å². The molecule has 2 atom stereocenters. The minimum absolute atomic E-state index is 0.0253. The van der Waals surface area contributed by atoms with Gasteiger partial charge in [-0.05, 0) is 60.0 Å². The topological polar surface area (TPSA) is 57.5 Å². The van der Waals surface area contributed by atoms with Crippen molar-refractivity contribution in [3.63, 3.8) is 0 Å². The van der Waals surface area contributed by atoms with Crippen LogP contribution in [0.4, 0.5) is 17.6 Å². The second-order valence-electron chi connectivity index (χ2n) is 6.14. The maximum atomic E-state index is 13.1. The molecule has 146 valence electrons. The molecule has 0 saturated carbocycles. The monoisotopic (exact) mass is 402 g/mol. The third-order valence-corrected chi connectivity index (χ3v) is 5.14. The Morgan fingerprint density at radius 3 is 2.30 bits per heavy atom. The van der Waals surface area contributed by atoms with E-state index in [1.807, 2.05) is 0 Å².